The number of hydrogen-bond donors (Lipinski definition) is 0. The highest BCUT2D eigenvalue weighted by atomic mass is 19.3. The van der Waals surface area contributed by atoms with Gasteiger partial charge in [0.25, 0.3) is 0 Å². The minimum absolute atomic E-state index is 0.179. The molecule has 0 radical (unpaired) electrons. The third-order valence-corrected chi connectivity index (χ3v) is 4.65. The molecule has 1 aliphatic carbocycles. The summed E-state index contributed by atoms with van der Waals surface area (Å²) in [6, 6.07) is 3.12. The first kappa shape index (κ1) is 21.1. The van der Waals surface area contributed by atoms with Crippen LogP contribution in [0.25, 0.3) is 0 Å². The van der Waals surface area contributed by atoms with Gasteiger partial charge in [0.1, 0.15) is 11.6 Å². The molecule has 0 amide bonds. The van der Waals surface area contributed by atoms with E-state index < -0.39 is 41.3 Å². The van der Waals surface area contributed by atoms with Crippen molar-refractivity contribution in [2.45, 2.75) is 64.1 Å². The zero-order chi connectivity index (χ0) is 20.4. The fourth-order valence-electron chi connectivity index (χ4n) is 3.13. The third kappa shape index (κ3) is 4.73. The Hall–Kier alpha value is -2.25. The maximum Gasteiger partial charge on any atom is 0.338 e. The summed E-state index contributed by atoms with van der Waals surface area (Å²) in [7, 11) is 0. The summed E-state index contributed by atoms with van der Waals surface area (Å²) in [6.07, 6.45) is 1.11. The molecule has 8 heteroatoms. The number of carbonyl (C=O) groups excluding carboxylic acids is 2. The lowest BCUT2D eigenvalue weighted by Gasteiger charge is -2.30. The highest BCUT2D eigenvalue weighted by Gasteiger charge is 2.46. The lowest BCUT2D eigenvalue weighted by molar-refractivity contribution is -0.337. The van der Waals surface area contributed by atoms with E-state index in [2.05, 4.69) is 0 Å². The quantitative estimate of drug-likeness (QED) is 0.672. The highest BCUT2D eigenvalue weighted by molar-refractivity contribution is 5.90. The van der Waals surface area contributed by atoms with Crippen molar-refractivity contribution < 1.29 is 37.3 Å². The Bertz CT molecular complexity index is 711. The predicted octanol–water partition coefficient (Wildman–Crippen LogP) is 3.10. The molecule has 27 heavy (non-hydrogen) atoms. The molecular formula is C19H22F3O5-. The molecule has 0 aliphatic heterocycles. The van der Waals surface area contributed by atoms with Crippen LogP contribution in [0.15, 0.2) is 18.2 Å². The number of rotatable bonds is 7. The van der Waals surface area contributed by atoms with Crippen LogP contribution < -0.4 is 9.84 Å². The molecule has 1 aromatic rings. The SMILES string of the molecule is CC(C)C(OC(=O)c1ccc(F)c(OC2(C)CCCC2)c1)C(F)(F)C(=O)[O-]. The van der Waals surface area contributed by atoms with Gasteiger partial charge in [0, 0.05) is 0 Å². The maximum atomic E-state index is 14.1. The number of halogens is 3. The summed E-state index contributed by atoms with van der Waals surface area (Å²) in [4.78, 5) is 23.0. The molecule has 2 rings (SSSR count). The molecule has 5 nitrogen and oxygen atoms in total. The zero-order valence-corrected chi connectivity index (χ0v) is 15.4. The Morgan fingerprint density at radius 2 is 1.81 bits per heavy atom. The van der Waals surface area contributed by atoms with Gasteiger partial charge in [0.15, 0.2) is 17.7 Å². The van der Waals surface area contributed by atoms with Crippen molar-refractivity contribution in [3.05, 3.63) is 29.6 Å². The van der Waals surface area contributed by atoms with Crippen LogP contribution in [-0.4, -0.2) is 29.6 Å². The molecule has 0 aromatic heterocycles. The van der Waals surface area contributed by atoms with Crippen LogP contribution in [0.1, 0.15) is 56.8 Å². The van der Waals surface area contributed by atoms with Crippen molar-refractivity contribution in [2.75, 3.05) is 0 Å². The number of carbonyl (C=O) groups is 2. The van der Waals surface area contributed by atoms with E-state index in [9.17, 15) is 27.9 Å². The van der Waals surface area contributed by atoms with Gasteiger partial charge in [-0.25, -0.2) is 9.18 Å². The summed E-state index contributed by atoms with van der Waals surface area (Å²) in [5.74, 6) is -10.1. The predicted molar refractivity (Wildman–Crippen MR) is 87.9 cm³/mol. The largest absolute Gasteiger partial charge is 0.544 e. The van der Waals surface area contributed by atoms with Crippen LogP contribution in [0.3, 0.4) is 0 Å². The van der Waals surface area contributed by atoms with Crippen LogP contribution in [0, 0.1) is 11.7 Å². The van der Waals surface area contributed by atoms with E-state index in [-0.39, 0.29) is 11.3 Å². The third-order valence-electron chi connectivity index (χ3n) is 4.65. The molecule has 1 aliphatic rings. The van der Waals surface area contributed by atoms with Gasteiger partial charge in [0.05, 0.1) is 5.56 Å². The van der Waals surface area contributed by atoms with Gasteiger partial charge in [-0.1, -0.05) is 13.8 Å². The minimum atomic E-state index is -4.36. The Morgan fingerprint density at radius 3 is 2.33 bits per heavy atom. The number of carboxylic acid groups (broad SMARTS) is 1. The van der Waals surface area contributed by atoms with E-state index in [1.54, 1.807) is 0 Å². The maximum absolute atomic E-state index is 14.1. The molecule has 0 bridgehead atoms. The summed E-state index contributed by atoms with van der Waals surface area (Å²) in [5.41, 5.74) is -0.779. The number of carboxylic acids is 1. The minimum Gasteiger partial charge on any atom is -0.544 e. The molecule has 1 unspecified atom stereocenters. The van der Waals surface area contributed by atoms with Crippen molar-refractivity contribution in [1.82, 2.24) is 0 Å². The van der Waals surface area contributed by atoms with Gasteiger partial charge < -0.3 is 19.4 Å². The molecule has 150 valence electrons. The van der Waals surface area contributed by atoms with Crippen molar-refractivity contribution >= 4 is 11.9 Å². The van der Waals surface area contributed by atoms with E-state index in [0.29, 0.717) is 0 Å². The number of ether oxygens (including phenoxy) is 2. The molecule has 1 atom stereocenters. The lowest BCUT2D eigenvalue weighted by atomic mass is 10.0. The smallest absolute Gasteiger partial charge is 0.338 e. The van der Waals surface area contributed by atoms with E-state index in [4.69, 9.17) is 9.47 Å². The summed E-state index contributed by atoms with van der Waals surface area (Å²) < 4.78 is 52.0. The highest BCUT2D eigenvalue weighted by Crippen LogP contribution is 2.35. The monoisotopic (exact) mass is 387 g/mol. The van der Waals surface area contributed by atoms with Crippen molar-refractivity contribution in [3.63, 3.8) is 0 Å². The van der Waals surface area contributed by atoms with Gasteiger partial charge >= 0.3 is 11.9 Å². The Morgan fingerprint density at radius 1 is 1.22 bits per heavy atom. The second-order valence-electron chi connectivity index (χ2n) is 7.38. The van der Waals surface area contributed by atoms with Crippen molar-refractivity contribution in [3.8, 4) is 5.75 Å². The molecule has 1 fully saturated rings. The zero-order valence-electron chi connectivity index (χ0n) is 15.4. The number of aliphatic carboxylic acids is 1. The van der Waals surface area contributed by atoms with Gasteiger partial charge in [-0.15, -0.1) is 0 Å². The first-order valence-corrected chi connectivity index (χ1v) is 8.75. The molecular weight excluding hydrogens is 365 g/mol. The fourth-order valence-corrected chi connectivity index (χ4v) is 3.13. The number of hydrogen-bond acceptors (Lipinski definition) is 5. The number of esters is 1. The van der Waals surface area contributed by atoms with Gasteiger partial charge in [-0.05, 0) is 56.7 Å². The Balaban J connectivity index is 2.23. The van der Waals surface area contributed by atoms with Crippen LogP contribution in [-0.2, 0) is 9.53 Å². The number of benzene rings is 1. The van der Waals surface area contributed by atoms with Crippen LogP contribution in [0.4, 0.5) is 13.2 Å². The molecule has 0 N–H and O–H groups in total. The van der Waals surface area contributed by atoms with E-state index >= 15 is 0 Å². The van der Waals surface area contributed by atoms with Gasteiger partial charge in [-0.2, -0.15) is 8.78 Å². The van der Waals surface area contributed by atoms with E-state index in [0.717, 1.165) is 43.9 Å². The van der Waals surface area contributed by atoms with Gasteiger partial charge in [-0.3, -0.25) is 0 Å². The average molecular weight is 387 g/mol. The van der Waals surface area contributed by atoms with Crippen molar-refractivity contribution in [1.29, 1.82) is 0 Å². The normalized spacial score (nSPS) is 17.6. The van der Waals surface area contributed by atoms with Crippen molar-refractivity contribution in [2.24, 2.45) is 5.92 Å². The average Bonchev–Trinajstić information content (AvgIpc) is 3.00. The number of alkyl halides is 2. The molecule has 0 heterocycles. The Labute approximate surface area is 155 Å². The second-order valence-corrected chi connectivity index (χ2v) is 7.38. The van der Waals surface area contributed by atoms with E-state index in [1.807, 2.05) is 6.92 Å². The van der Waals surface area contributed by atoms with Crippen LogP contribution in [0.2, 0.25) is 0 Å². The first-order chi connectivity index (χ1) is 12.5. The molecule has 0 saturated heterocycles. The summed E-state index contributed by atoms with van der Waals surface area (Å²) >= 11 is 0. The fraction of sp³-hybridized carbons (Fsp3) is 0.579. The standard InChI is InChI=1S/C19H23F3O5/c1-11(2)15(19(21,22)17(24)25)26-16(23)12-6-7-13(20)14(10-12)27-18(3)8-4-5-9-18/h6-7,10-11,15H,4-5,8-9H2,1-3H3,(H,24,25)/p-1. The van der Waals surface area contributed by atoms with E-state index in [1.165, 1.54) is 13.8 Å². The molecule has 1 saturated carbocycles. The summed E-state index contributed by atoms with van der Waals surface area (Å²) in [5, 5.41) is 10.7. The van der Waals surface area contributed by atoms with Crippen LogP contribution >= 0.6 is 0 Å². The summed E-state index contributed by atoms with van der Waals surface area (Å²) in [6.45, 7) is 4.41. The van der Waals surface area contributed by atoms with Crippen LogP contribution in [0.5, 0.6) is 5.75 Å². The second kappa shape index (κ2) is 7.78. The Kier molecular flexibility index (Phi) is 6.07. The van der Waals surface area contributed by atoms with Gasteiger partial charge in [0.2, 0.25) is 0 Å². The topological polar surface area (TPSA) is 75.7 Å². The molecule has 1 aromatic carbocycles. The first-order valence-electron chi connectivity index (χ1n) is 8.75. The molecule has 0 spiro atoms. The lowest BCUT2D eigenvalue weighted by Crippen LogP contribution is -2.53.